The minimum atomic E-state index is 0.457. The summed E-state index contributed by atoms with van der Waals surface area (Å²) in [6, 6.07) is 7.21. The van der Waals surface area contributed by atoms with E-state index in [9.17, 15) is 0 Å². The molecule has 108 valence electrons. The Labute approximate surface area is 122 Å². The molecule has 0 radical (unpaired) electrons. The van der Waals surface area contributed by atoms with Gasteiger partial charge < -0.3 is 4.74 Å². The third-order valence-corrected chi connectivity index (χ3v) is 2.30. The standard InChI is InChI=1S/C14H16N6O/c1-2-6-16-13(15-5-1)19-9-11-21-12-10-20-14-17-7-3-4-8-18-14/h1-8H,9-12H2. The number of rotatable bonds is 6. The average Bonchev–Trinajstić information content (AvgIpc) is 2.91. The molecule has 2 aromatic heterocycles. The van der Waals surface area contributed by atoms with E-state index in [1.54, 1.807) is 49.1 Å². The Hall–Kier alpha value is -2.54. The van der Waals surface area contributed by atoms with Crippen LogP contribution >= 0.6 is 0 Å². The van der Waals surface area contributed by atoms with Crippen LogP contribution in [0.15, 0.2) is 59.0 Å². The van der Waals surface area contributed by atoms with E-state index in [0.717, 1.165) is 0 Å². The third-order valence-electron chi connectivity index (χ3n) is 2.30. The van der Waals surface area contributed by atoms with Gasteiger partial charge in [-0.3, -0.25) is 0 Å². The fraction of sp³-hybridized carbons (Fsp3) is 0.286. The lowest BCUT2D eigenvalue weighted by molar-refractivity contribution is 0.148. The molecule has 0 aliphatic heterocycles. The molecule has 7 nitrogen and oxygen atoms in total. The molecule has 0 unspecified atom stereocenters. The molecule has 0 N–H and O–H groups in total. The second-order valence-electron chi connectivity index (χ2n) is 3.86. The Morgan fingerprint density at radius 1 is 0.667 bits per heavy atom. The zero-order valence-electron chi connectivity index (χ0n) is 11.5. The second kappa shape index (κ2) is 9.38. The first-order valence-corrected chi connectivity index (χ1v) is 6.58. The first-order valence-electron chi connectivity index (χ1n) is 6.58. The van der Waals surface area contributed by atoms with Gasteiger partial charge in [-0.05, 0) is 24.3 Å². The monoisotopic (exact) mass is 284 g/mol. The van der Waals surface area contributed by atoms with Gasteiger partial charge in [-0.25, -0.2) is 29.9 Å². The lowest BCUT2D eigenvalue weighted by Gasteiger charge is -1.97. The largest absolute Gasteiger partial charge is 0.378 e. The van der Waals surface area contributed by atoms with Crippen LogP contribution in [-0.4, -0.2) is 46.2 Å². The van der Waals surface area contributed by atoms with Crippen molar-refractivity contribution in [2.45, 2.75) is 0 Å². The van der Waals surface area contributed by atoms with E-state index in [4.69, 9.17) is 4.74 Å². The van der Waals surface area contributed by atoms with Crippen molar-refractivity contribution in [1.82, 2.24) is 19.9 Å². The molecule has 0 spiro atoms. The Bertz CT molecular complexity index is 574. The van der Waals surface area contributed by atoms with Crippen LogP contribution in [0.5, 0.6) is 0 Å². The van der Waals surface area contributed by atoms with Crippen molar-refractivity contribution in [1.29, 1.82) is 0 Å². The van der Waals surface area contributed by atoms with E-state index in [0.29, 0.717) is 37.5 Å². The van der Waals surface area contributed by atoms with Crippen molar-refractivity contribution in [3.63, 3.8) is 0 Å². The Morgan fingerprint density at radius 3 is 1.43 bits per heavy atom. The molecule has 7 heteroatoms. The highest BCUT2D eigenvalue weighted by Crippen LogP contribution is 1.77. The number of hydrogen-bond donors (Lipinski definition) is 0. The van der Waals surface area contributed by atoms with Crippen LogP contribution in [0.3, 0.4) is 0 Å². The summed E-state index contributed by atoms with van der Waals surface area (Å²) in [5.41, 5.74) is 0.914. The normalized spacial score (nSPS) is 9.90. The maximum atomic E-state index is 5.43. The molecule has 0 saturated heterocycles. The van der Waals surface area contributed by atoms with E-state index >= 15 is 0 Å². The van der Waals surface area contributed by atoms with Gasteiger partial charge >= 0.3 is 0 Å². The van der Waals surface area contributed by atoms with Gasteiger partial charge in [-0.2, -0.15) is 0 Å². The summed E-state index contributed by atoms with van der Waals surface area (Å²) in [7, 11) is 0. The number of aromatic nitrogens is 4. The quantitative estimate of drug-likeness (QED) is 0.685. The van der Waals surface area contributed by atoms with Gasteiger partial charge in [0, 0.05) is 24.8 Å². The van der Waals surface area contributed by atoms with Gasteiger partial charge in [0.1, 0.15) is 0 Å². The fourth-order valence-corrected chi connectivity index (χ4v) is 1.39. The zero-order chi connectivity index (χ0) is 14.6. The van der Waals surface area contributed by atoms with Crippen LogP contribution in [0.1, 0.15) is 0 Å². The predicted octanol–water partition coefficient (Wildman–Crippen LogP) is -0.215. The second-order valence-corrected chi connectivity index (χ2v) is 3.86. The summed E-state index contributed by atoms with van der Waals surface area (Å²) < 4.78 is 5.43. The highest BCUT2D eigenvalue weighted by molar-refractivity contribution is 4.82. The highest BCUT2D eigenvalue weighted by atomic mass is 16.5. The molecule has 0 saturated carbocycles. The summed E-state index contributed by atoms with van der Waals surface area (Å²) in [5, 5.41) is 0. The molecular formula is C14H16N6O. The van der Waals surface area contributed by atoms with Gasteiger partial charge in [0.05, 0.1) is 26.3 Å². The highest BCUT2D eigenvalue weighted by Gasteiger charge is 1.88. The van der Waals surface area contributed by atoms with Crippen LogP contribution < -0.4 is 11.2 Å². The van der Waals surface area contributed by atoms with Gasteiger partial charge in [0.2, 0.25) is 11.2 Å². The van der Waals surface area contributed by atoms with E-state index in [-0.39, 0.29) is 0 Å². The van der Waals surface area contributed by atoms with Gasteiger partial charge in [-0.15, -0.1) is 0 Å². The molecule has 0 atom stereocenters. The van der Waals surface area contributed by atoms with Crippen molar-refractivity contribution in [3.05, 3.63) is 60.3 Å². The van der Waals surface area contributed by atoms with Crippen LogP contribution in [-0.2, 0) is 4.74 Å². The summed E-state index contributed by atoms with van der Waals surface area (Å²) in [4.78, 5) is 24.6. The van der Waals surface area contributed by atoms with Gasteiger partial charge in [-0.1, -0.05) is 0 Å². The lowest BCUT2D eigenvalue weighted by Crippen LogP contribution is -2.13. The third kappa shape index (κ3) is 6.44. The van der Waals surface area contributed by atoms with Crippen molar-refractivity contribution < 1.29 is 4.74 Å². The summed E-state index contributed by atoms with van der Waals surface area (Å²) in [5.74, 6) is 0. The van der Waals surface area contributed by atoms with E-state index < -0.39 is 0 Å². The fourth-order valence-electron chi connectivity index (χ4n) is 1.39. The van der Waals surface area contributed by atoms with Crippen molar-refractivity contribution in [2.75, 3.05) is 26.3 Å². The van der Waals surface area contributed by atoms with Gasteiger partial charge in [0.15, 0.2) is 0 Å². The predicted molar refractivity (Wildman–Crippen MR) is 75.7 cm³/mol. The maximum absolute atomic E-state index is 5.43. The first kappa shape index (κ1) is 14.9. The minimum absolute atomic E-state index is 0.457. The molecule has 21 heavy (non-hydrogen) atoms. The smallest absolute Gasteiger partial charge is 0.244 e. The van der Waals surface area contributed by atoms with Crippen LogP contribution in [0.4, 0.5) is 0 Å². The average molecular weight is 284 g/mol. The molecule has 0 aliphatic carbocycles. The zero-order valence-corrected chi connectivity index (χ0v) is 11.5. The Morgan fingerprint density at radius 2 is 1.05 bits per heavy atom. The molecule has 2 heterocycles. The van der Waals surface area contributed by atoms with Crippen molar-refractivity contribution in [3.8, 4) is 0 Å². The minimum Gasteiger partial charge on any atom is -0.378 e. The Balaban J connectivity index is 1.70. The van der Waals surface area contributed by atoms with Crippen LogP contribution in [0, 0.1) is 0 Å². The van der Waals surface area contributed by atoms with Crippen molar-refractivity contribution >= 4 is 0 Å². The number of ether oxygens (including phenoxy) is 1. The SMILES string of the molecule is c1ccnc(=NCCOCCN=c2nccccn2)nc1. The van der Waals surface area contributed by atoms with Gasteiger partial charge in [0.25, 0.3) is 0 Å². The summed E-state index contributed by atoms with van der Waals surface area (Å²) in [6.07, 6.45) is 6.63. The molecule has 2 rings (SSSR count). The number of nitrogens with zero attached hydrogens (tertiary/aromatic N) is 6. The number of hydrogen-bond acceptors (Lipinski definition) is 7. The molecular weight excluding hydrogens is 268 g/mol. The van der Waals surface area contributed by atoms with Crippen LogP contribution in [0.25, 0.3) is 0 Å². The van der Waals surface area contributed by atoms with E-state index in [1.165, 1.54) is 0 Å². The first-order chi connectivity index (χ1) is 10.4. The Kier molecular flexibility index (Phi) is 6.64. The molecule has 0 aliphatic rings. The molecule has 0 amide bonds. The van der Waals surface area contributed by atoms with E-state index in [1.807, 2.05) is 0 Å². The summed E-state index contributed by atoms with van der Waals surface area (Å²) in [6.45, 7) is 2.03. The maximum Gasteiger partial charge on any atom is 0.244 e. The lowest BCUT2D eigenvalue weighted by atomic mass is 10.6. The van der Waals surface area contributed by atoms with E-state index in [2.05, 4.69) is 29.9 Å². The van der Waals surface area contributed by atoms with Crippen molar-refractivity contribution in [2.24, 2.45) is 9.98 Å². The molecule has 0 bridgehead atoms. The molecule has 2 aromatic rings. The molecule has 0 fully saturated rings. The molecule has 0 aromatic carbocycles. The van der Waals surface area contributed by atoms with Crippen LogP contribution in [0.2, 0.25) is 0 Å². The summed E-state index contributed by atoms with van der Waals surface area (Å²) >= 11 is 0. The topological polar surface area (TPSA) is 85.5 Å².